The lowest BCUT2D eigenvalue weighted by Gasteiger charge is -2.33. The number of anilines is 1. The molecule has 236 valence electrons. The van der Waals surface area contributed by atoms with Gasteiger partial charge in [-0.1, -0.05) is 55.2 Å². The van der Waals surface area contributed by atoms with Gasteiger partial charge in [0.05, 0.1) is 22.6 Å². The summed E-state index contributed by atoms with van der Waals surface area (Å²) >= 11 is 12.3. The number of nitro groups is 1. The average Bonchev–Trinajstić information content (AvgIpc) is 2.99. The zero-order valence-electron chi connectivity index (χ0n) is 24.7. The first-order chi connectivity index (χ1) is 20.8. The Balaban J connectivity index is 2.18. The van der Waals surface area contributed by atoms with Gasteiger partial charge in [0.1, 0.15) is 18.3 Å². The summed E-state index contributed by atoms with van der Waals surface area (Å²) in [6.45, 7) is 4.73. The van der Waals surface area contributed by atoms with Crippen molar-refractivity contribution >= 4 is 56.4 Å². The number of hydrogen-bond acceptors (Lipinski definition) is 7. The molecule has 0 spiro atoms. The normalized spacial score (nSPS) is 11.9. The van der Waals surface area contributed by atoms with Gasteiger partial charge in [-0.15, -0.1) is 0 Å². The third-order valence-electron chi connectivity index (χ3n) is 6.86. The number of nitro benzene ring substituents is 1. The summed E-state index contributed by atoms with van der Waals surface area (Å²) in [6.07, 6.45) is 0.919. The van der Waals surface area contributed by atoms with Crippen LogP contribution in [0.1, 0.15) is 37.8 Å². The summed E-state index contributed by atoms with van der Waals surface area (Å²) < 4.78 is 34.6. The molecule has 0 fully saturated rings. The van der Waals surface area contributed by atoms with Crippen LogP contribution in [-0.2, 0) is 26.2 Å². The van der Waals surface area contributed by atoms with Crippen LogP contribution in [0.5, 0.6) is 5.75 Å². The Morgan fingerprint density at radius 2 is 1.68 bits per heavy atom. The molecule has 14 heteroatoms. The molecule has 0 unspecified atom stereocenters. The zero-order valence-corrected chi connectivity index (χ0v) is 27.1. The van der Waals surface area contributed by atoms with Crippen LogP contribution >= 0.6 is 23.2 Å². The lowest BCUT2D eigenvalue weighted by atomic mass is 10.1. The van der Waals surface area contributed by atoms with E-state index in [1.165, 1.54) is 49.3 Å². The lowest BCUT2D eigenvalue weighted by molar-refractivity contribution is -0.385. The molecule has 3 rings (SSSR count). The monoisotopic (exact) mass is 664 g/mol. The highest BCUT2D eigenvalue weighted by atomic mass is 35.5. The molecule has 3 aromatic carbocycles. The standard InChI is InChI=1S/C30H34Cl2N4O7S/c1-5-15-33-30(38)25(6-2)34(18-21-8-10-22(31)11-9-21)29(37)19-35(27-16-23(32)12-14-28(27)43-4)44(41,42)24-13-7-20(3)26(17-24)36(39)40/h7-14,16-17,25H,5-6,15,18-19H2,1-4H3,(H,33,38)/t25-/m1/s1. The number of carbonyl (C=O) groups excluding carboxylic acids is 2. The second-order valence-corrected chi connectivity index (χ2v) is 12.6. The van der Waals surface area contributed by atoms with Gasteiger partial charge in [0.2, 0.25) is 11.8 Å². The van der Waals surface area contributed by atoms with Crippen molar-refractivity contribution in [3.8, 4) is 5.75 Å². The van der Waals surface area contributed by atoms with Crippen molar-refractivity contribution < 1.29 is 27.7 Å². The molecule has 1 atom stereocenters. The van der Waals surface area contributed by atoms with Gasteiger partial charge in [-0.3, -0.25) is 24.0 Å². The molecule has 0 heterocycles. The van der Waals surface area contributed by atoms with Crippen molar-refractivity contribution in [2.75, 3.05) is 24.5 Å². The smallest absolute Gasteiger partial charge is 0.273 e. The van der Waals surface area contributed by atoms with Gasteiger partial charge in [0, 0.05) is 34.8 Å². The highest BCUT2D eigenvalue weighted by molar-refractivity contribution is 7.92. The van der Waals surface area contributed by atoms with Crippen molar-refractivity contribution in [2.45, 2.75) is 51.1 Å². The summed E-state index contributed by atoms with van der Waals surface area (Å²) in [5.41, 5.74) is 0.452. The van der Waals surface area contributed by atoms with E-state index in [-0.39, 0.29) is 40.9 Å². The van der Waals surface area contributed by atoms with Crippen LogP contribution in [-0.4, -0.2) is 56.3 Å². The number of amides is 2. The number of carbonyl (C=O) groups is 2. The topological polar surface area (TPSA) is 139 Å². The van der Waals surface area contributed by atoms with Crippen LogP contribution in [0, 0.1) is 17.0 Å². The Morgan fingerprint density at radius 1 is 1.02 bits per heavy atom. The first-order valence-corrected chi connectivity index (χ1v) is 16.0. The van der Waals surface area contributed by atoms with Crippen molar-refractivity contribution in [1.29, 1.82) is 0 Å². The number of aryl methyl sites for hydroxylation is 1. The number of rotatable bonds is 14. The van der Waals surface area contributed by atoms with Crippen molar-refractivity contribution in [1.82, 2.24) is 10.2 Å². The van der Waals surface area contributed by atoms with E-state index < -0.39 is 44.0 Å². The molecule has 2 amide bonds. The summed E-state index contributed by atoms with van der Waals surface area (Å²) in [5.74, 6) is -1.00. The molecule has 44 heavy (non-hydrogen) atoms. The summed E-state index contributed by atoms with van der Waals surface area (Å²) in [4.78, 5) is 39.3. The number of methoxy groups -OCH3 is 1. The van der Waals surface area contributed by atoms with Crippen molar-refractivity contribution in [2.24, 2.45) is 0 Å². The first-order valence-electron chi connectivity index (χ1n) is 13.8. The molecule has 0 aliphatic carbocycles. The molecule has 3 aromatic rings. The van der Waals surface area contributed by atoms with E-state index in [0.29, 0.717) is 23.6 Å². The predicted molar refractivity (Wildman–Crippen MR) is 170 cm³/mol. The van der Waals surface area contributed by atoms with Gasteiger partial charge in [-0.2, -0.15) is 0 Å². The maximum atomic E-state index is 14.2. The van der Waals surface area contributed by atoms with Crippen LogP contribution in [0.15, 0.2) is 65.6 Å². The van der Waals surface area contributed by atoms with Gasteiger partial charge in [0.15, 0.2) is 0 Å². The zero-order chi connectivity index (χ0) is 32.6. The Morgan fingerprint density at radius 3 is 2.27 bits per heavy atom. The highest BCUT2D eigenvalue weighted by Gasteiger charge is 2.35. The molecule has 0 saturated carbocycles. The fraction of sp³-hybridized carbons (Fsp3) is 0.333. The fourth-order valence-corrected chi connectivity index (χ4v) is 6.25. The molecule has 0 saturated heterocycles. The maximum absolute atomic E-state index is 14.2. The average molecular weight is 666 g/mol. The highest BCUT2D eigenvalue weighted by Crippen LogP contribution is 2.36. The lowest BCUT2D eigenvalue weighted by Crippen LogP contribution is -2.52. The van der Waals surface area contributed by atoms with Gasteiger partial charge in [-0.25, -0.2) is 8.42 Å². The Hall–Kier alpha value is -3.87. The van der Waals surface area contributed by atoms with Crippen LogP contribution in [0.3, 0.4) is 0 Å². The third-order valence-corrected chi connectivity index (χ3v) is 9.10. The van der Waals surface area contributed by atoms with Crippen molar-refractivity contribution in [3.63, 3.8) is 0 Å². The van der Waals surface area contributed by atoms with Crippen LogP contribution in [0.2, 0.25) is 10.0 Å². The second-order valence-electron chi connectivity index (χ2n) is 9.90. The number of nitrogens with zero attached hydrogens (tertiary/aromatic N) is 3. The van der Waals surface area contributed by atoms with Gasteiger partial charge in [0.25, 0.3) is 15.7 Å². The molecular formula is C30H34Cl2N4O7S. The number of benzene rings is 3. The summed E-state index contributed by atoms with van der Waals surface area (Å²) in [7, 11) is -3.30. The van der Waals surface area contributed by atoms with E-state index in [1.807, 2.05) is 6.92 Å². The third kappa shape index (κ3) is 8.19. The van der Waals surface area contributed by atoms with Crippen LogP contribution in [0.4, 0.5) is 11.4 Å². The van der Waals surface area contributed by atoms with E-state index >= 15 is 0 Å². The van der Waals surface area contributed by atoms with E-state index in [4.69, 9.17) is 27.9 Å². The van der Waals surface area contributed by atoms with Crippen molar-refractivity contribution in [3.05, 3.63) is 92.0 Å². The molecule has 0 aliphatic heterocycles. The summed E-state index contributed by atoms with van der Waals surface area (Å²) in [5, 5.41) is 15.1. The van der Waals surface area contributed by atoms with Gasteiger partial charge in [-0.05, 0) is 61.7 Å². The molecule has 1 N–H and O–H groups in total. The van der Waals surface area contributed by atoms with E-state index in [1.54, 1.807) is 31.2 Å². The molecule has 11 nitrogen and oxygen atoms in total. The number of sulfonamides is 1. The quantitative estimate of drug-likeness (QED) is 0.171. The number of halogens is 2. The molecule has 0 aliphatic rings. The maximum Gasteiger partial charge on any atom is 0.273 e. The fourth-order valence-electron chi connectivity index (χ4n) is 4.52. The summed E-state index contributed by atoms with van der Waals surface area (Å²) in [6, 6.07) is 13.5. The number of ether oxygens (including phenoxy) is 1. The Labute approximate surface area is 266 Å². The van der Waals surface area contributed by atoms with E-state index in [2.05, 4.69) is 5.32 Å². The molecular weight excluding hydrogens is 631 g/mol. The molecule has 0 radical (unpaired) electrons. The SMILES string of the molecule is CCCNC(=O)[C@@H](CC)N(Cc1ccc(Cl)cc1)C(=O)CN(c1cc(Cl)ccc1OC)S(=O)(=O)c1ccc(C)c([N+](=O)[O-])c1. The Bertz CT molecular complexity index is 1620. The van der Waals surface area contributed by atoms with Crippen LogP contribution in [0.25, 0.3) is 0 Å². The first kappa shape index (κ1) is 34.6. The largest absolute Gasteiger partial charge is 0.495 e. The molecule has 0 bridgehead atoms. The Kier molecular flexibility index (Phi) is 12.0. The van der Waals surface area contributed by atoms with Gasteiger partial charge < -0.3 is 15.0 Å². The number of nitrogens with one attached hydrogen (secondary N) is 1. The van der Waals surface area contributed by atoms with Crippen LogP contribution < -0.4 is 14.4 Å². The number of hydrogen-bond donors (Lipinski definition) is 1. The minimum Gasteiger partial charge on any atom is -0.495 e. The minimum absolute atomic E-state index is 0.0232. The second kappa shape index (κ2) is 15.2. The molecule has 0 aromatic heterocycles. The minimum atomic E-state index is -4.63. The van der Waals surface area contributed by atoms with E-state index in [0.717, 1.165) is 10.4 Å². The van der Waals surface area contributed by atoms with E-state index in [9.17, 15) is 28.1 Å². The van der Waals surface area contributed by atoms with Gasteiger partial charge >= 0.3 is 0 Å². The predicted octanol–water partition coefficient (Wildman–Crippen LogP) is 5.75.